The van der Waals surface area contributed by atoms with Gasteiger partial charge in [-0.2, -0.15) is 0 Å². The van der Waals surface area contributed by atoms with Gasteiger partial charge in [0.15, 0.2) is 6.23 Å². The average molecular weight is 323 g/mol. The van der Waals surface area contributed by atoms with Crippen molar-refractivity contribution in [2.75, 3.05) is 6.61 Å². The molecule has 2 rings (SSSR count). The van der Waals surface area contributed by atoms with E-state index in [-0.39, 0.29) is 0 Å². The molecule has 3 N–H and O–H groups in total. The van der Waals surface area contributed by atoms with E-state index in [0.717, 1.165) is 16.8 Å². The fraction of sp³-hybridized carbons (Fsp3) is 0.556. The lowest BCUT2D eigenvalue weighted by Crippen LogP contribution is -2.37. The van der Waals surface area contributed by atoms with E-state index in [1.165, 1.54) is 0 Å². The highest BCUT2D eigenvalue weighted by atomic mass is 32.3. The highest BCUT2D eigenvalue weighted by Crippen LogP contribution is 2.28. The number of aromatic amines is 1. The first-order chi connectivity index (χ1) is 9.69. The summed E-state index contributed by atoms with van der Waals surface area (Å²) < 4.78 is 40.9. The molecule has 1 aromatic rings. The van der Waals surface area contributed by atoms with Crippen LogP contribution in [-0.4, -0.2) is 57.7 Å². The van der Waals surface area contributed by atoms with Gasteiger partial charge in [0.2, 0.25) is 10.4 Å². The molecule has 1 aromatic heterocycles. The maximum absolute atomic E-state index is 11.6. The molecule has 11 nitrogen and oxygen atoms in total. The molecule has 21 heavy (non-hydrogen) atoms. The van der Waals surface area contributed by atoms with Crippen LogP contribution in [0.15, 0.2) is 21.9 Å². The topological polar surface area (TPSA) is 171 Å². The van der Waals surface area contributed by atoms with Gasteiger partial charge in [-0.15, -0.1) is 0 Å². The zero-order valence-corrected chi connectivity index (χ0v) is 11.1. The number of aliphatic hydroxyl groups is 2. The number of hydrogen-bond acceptors (Lipinski definition) is 9. The molecule has 1 aliphatic heterocycles. The minimum absolute atomic E-state index is 0.665. The number of rotatable bonds is 4. The van der Waals surface area contributed by atoms with Crippen LogP contribution in [-0.2, 0) is 19.3 Å². The summed E-state index contributed by atoms with van der Waals surface area (Å²) >= 11 is 0. The number of nitrogens with zero attached hydrogens (tertiary/aromatic N) is 1. The Bertz CT molecular complexity index is 723. The molecule has 0 spiro atoms. The molecule has 0 bridgehead atoms. The second-order valence-corrected chi connectivity index (χ2v) is 5.31. The molecular weight excluding hydrogens is 312 g/mol. The number of hydrogen-bond donors (Lipinski definition) is 3. The minimum atomic E-state index is -4.99. The van der Waals surface area contributed by atoms with E-state index in [1.807, 2.05) is 4.98 Å². The Balaban J connectivity index is 2.19. The van der Waals surface area contributed by atoms with E-state index in [9.17, 15) is 32.8 Å². The van der Waals surface area contributed by atoms with Gasteiger partial charge < -0.3 is 19.5 Å². The standard InChI is InChI=1S/C9H12N2O9S/c12-5-1-2-11(9(15)10-5)8-7(14)6(13)4(20-8)3-19-21(16,17)18/h1-2,4,6-8,13-14H,3H2,(H,10,12,15)(H,16,17,18)/p-1/t4-,6-,7-,8-/m1/s1. The number of ether oxygens (including phenoxy) is 1. The maximum Gasteiger partial charge on any atom is 0.330 e. The second kappa shape index (κ2) is 5.67. The van der Waals surface area contributed by atoms with E-state index >= 15 is 0 Å². The van der Waals surface area contributed by atoms with Crippen molar-refractivity contribution in [1.82, 2.24) is 9.55 Å². The summed E-state index contributed by atoms with van der Waals surface area (Å²) in [6.07, 6.45) is -4.85. The van der Waals surface area contributed by atoms with Gasteiger partial charge in [-0.05, 0) is 0 Å². The third-order valence-corrected chi connectivity index (χ3v) is 3.26. The molecule has 0 saturated carbocycles. The molecule has 118 valence electrons. The normalized spacial score (nSPS) is 29.7. The van der Waals surface area contributed by atoms with Crippen molar-refractivity contribution < 1.29 is 32.1 Å². The summed E-state index contributed by atoms with van der Waals surface area (Å²) in [5, 5.41) is 19.5. The van der Waals surface area contributed by atoms with Crippen LogP contribution >= 0.6 is 0 Å². The van der Waals surface area contributed by atoms with Crippen LogP contribution in [0.1, 0.15) is 6.23 Å². The summed E-state index contributed by atoms with van der Waals surface area (Å²) in [6.45, 7) is -0.821. The van der Waals surface area contributed by atoms with Gasteiger partial charge in [-0.1, -0.05) is 0 Å². The highest BCUT2D eigenvalue weighted by Gasteiger charge is 2.44. The van der Waals surface area contributed by atoms with Gasteiger partial charge in [-0.3, -0.25) is 18.5 Å². The Morgan fingerprint density at radius 2 is 2.05 bits per heavy atom. The van der Waals surface area contributed by atoms with Gasteiger partial charge in [0.1, 0.15) is 18.3 Å². The van der Waals surface area contributed by atoms with Gasteiger partial charge in [0.05, 0.1) is 6.61 Å². The molecule has 1 aliphatic rings. The van der Waals surface area contributed by atoms with Crippen LogP contribution in [0.25, 0.3) is 0 Å². The van der Waals surface area contributed by atoms with Crippen LogP contribution in [0.2, 0.25) is 0 Å². The Morgan fingerprint density at radius 1 is 1.38 bits per heavy atom. The van der Waals surface area contributed by atoms with Gasteiger partial charge in [-0.25, -0.2) is 13.2 Å². The lowest BCUT2D eigenvalue weighted by Gasteiger charge is -2.16. The van der Waals surface area contributed by atoms with Crippen molar-refractivity contribution in [2.24, 2.45) is 0 Å². The molecule has 1 saturated heterocycles. The quantitative estimate of drug-likeness (QED) is 0.378. The van der Waals surface area contributed by atoms with E-state index in [0.29, 0.717) is 0 Å². The van der Waals surface area contributed by atoms with Gasteiger partial charge in [0, 0.05) is 12.3 Å². The molecular formula is C9H11N2O9S-. The number of aromatic nitrogens is 2. The van der Waals surface area contributed by atoms with Crippen molar-refractivity contribution in [1.29, 1.82) is 0 Å². The molecule has 0 aromatic carbocycles. The first kappa shape index (κ1) is 15.8. The molecule has 0 unspecified atom stereocenters. The number of H-pyrrole nitrogens is 1. The predicted molar refractivity (Wildman–Crippen MR) is 62.9 cm³/mol. The first-order valence-electron chi connectivity index (χ1n) is 5.62. The van der Waals surface area contributed by atoms with Crippen LogP contribution in [0.4, 0.5) is 0 Å². The van der Waals surface area contributed by atoms with Crippen LogP contribution in [0, 0.1) is 0 Å². The smallest absolute Gasteiger partial charge is 0.330 e. The maximum atomic E-state index is 11.6. The molecule has 12 heteroatoms. The molecule has 0 amide bonds. The molecule has 4 atom stereocenters. The average Bonchev–Trinajstić information content (AvgIpc) is 2.64. The van der Waals surface area contributed by atoms with E-state index in [1.54, 1.807) is 0 Å². The van der Waals surface area contributed by atoms with Crippen molar-refractivity contribution in [3.05, 3.63) is 33.1 Å². The van der Waals surface area contributed by atoms with Crippen LogP contribution < -0.4 is 11.2 Å². The fourth-order valence-electron chi connectivity index (χ4n) is 1.87. The molecule has 1 fully saturated rings. The largest absolute Gasteiger partial charge is 0.726 e. The van der Waals surface area contributed by atoms with Crippen molar-refractivity contribution >= 4 is 10.4 Å². The highest BCUT2D eigenvalue weighted by molar-refractivity contribution is 7.80. The fourth-order valence-corrected chi connectivity index (χ4v) is 2.18. The molecule has 0 aliphatic carbocycles. The van der Waals surface area contributed by atoms with Crippen LogP contribution in [0.3, 0.4) is 0 Å². The Labute approximate surface area is 117 Å². The zero-order chi connectivity index (χ0) is 15.8. The third kappa shape index (κ3) is 3.55. The lowest BCUT2D eigenvalue weighted by atomic mass is 10.1. The lowest BCUT2D eigenvalue weighted by molar-refractivity contribution is -0.0520. The number of nitrogens with one attached hydrogen (secondary N) is 1. The van der Waals surface area contributed by atoms with Gasteiger partial charge >= 0.3 is 5.69 Å². The monoisotopic (exact) mass is 323 g/mol. The van der Waals surface area contributed by atoms with E-state index < -0.39 is 52.8 Å². The molecule has 2 heterocycles. The number of aliphatic hydroxyl groups excluding tert-OH is 2. The minimum Gasteiger partial charge on any atom is -0.726 e. The SMILES string of the molecule is O=c1ccn([C@@H]2O[C@H](COS(=O)(=O)[O-])[C@@H](O)[C@H]2O)c(=O)[nH]1. The summed E-state index contributed by atoms with van der Waals surface area (Å²) in [6, 6.07) is 0.996. The first-order valence-corrected chi connectivity index (χ1v) is 6.95. The Kier molecular flexibility index (Phi) is 4.27. The Morgan fingerprint density at radius 3 is 2.62 bits per heavy atom. The predicted octanol–water partition coefficient (Wildman–Crippen LogP) is -3.37. The van der Waals surface area contributed by atoms with Gasteiger partial charge in [0.25, 0.3) is 5.56 Å². The molecule has 0 radical (unpaired) electrons. The van der Waals surface area contributed by atoms with Crippen LogP contribution in [0.5, 0.6) is 0 Å². The summed E-state index contributed by atoms with van der Waals surface area (Å²) in [4.78, 5) is 24.4. The van der Waals surface area contributed by atoms with Crippen molar-refractivity contribution in [2.45, 2.75) is 24.5 Å². The summed E-state index contributed by atoms with van der Waals surface area (Å²) in [5.41, 5.74) is -1.56. The summed E-state index contributed by atoms with van der Waals surface area (Å²) in [5.74, 6) is 0. The van der Waals surface area contributed by atoms with Crippen molar-refractivity contribution in [3.63, 3.8) is 0 Å². The summed E-state index contributed by atoms with van der Waals surface area (Å²) in [7, 11) is -4.99. The zero-order valence-electron chi connectivity index (χ0n) is 10.3. The third-order valence-electron chi connectivity index (χ3n) is 2.84. The van der Waals surface area contributed by atoms with Crippen molar-refractivity contribution in [3.8, 4) is 0 Å². The van der Waals surface area contributed by atoms with E-state index in [4.69, 9.17) is 4.74 Å². The van der Waals surface area contributed by atoms with E-state index in [2.05, 4.69) is 4.18 Å². The Hall–Kier alpha value is -1.57. The second-order valence-electron chi connectivity index (χ2n) is 4.26.